The smallest absolute Gasteiger partial charge is 0.253 e. The molecule has 2 unspecified atom stereocenters. The van der Waals surface area contributed by atoms with Crippen molar-refractivity contribution in [3.05, 3.63) is 104 Å². The number of nitrogens with one attached hydrogen (secondary N) is 1. The minimum atomic E-state index is -2.81. The number of benzene rings is 3. The number of aromatic nitrogens is 2. The van der Waals surface area contributed by atoms with Crippen LogP contribution < -0.4 is 9.62 Å². The van der Waals surface area contributed by atoms with Crippen molar-refractivity contribution in [2.24, 2.45) is 0 Å². The molecule has 3 aromatic carbocycles. The van der Waals surface area contributed by atoms with Crippen molar-refractivity contribution in [2.75, 3.05) is 4.31 Å². The van der Waals surface area contributed by atoms with Crippen LogP contribution in [0.5, 0.6) is 0 Å². The molecule has 2 atom stereocenters. The molecule has 1 aromatic heterocycles. The summed E-state index contributed by atoms with van der Waals surface area (Å²) in [5, 5.41) is 3.97. The first-order valence-electron chi connectivity index (χ1n) is 10.5. The molecule has 186 valence electrons. The lowest BCUT2D eigenvalue weighted by Crippen LogP contribution is -2.30. The molecule has 0 aliphatic rings. The molecule has 12 heteroatoms. The third kappa shape index (κ3) is 6.05. The fourth-order valence-corrected chi connectivity index (χ4v) is 5.55. The van der Waals surface area contributed by atoms with Gasteiger partial charge in [0.25, 0.3) is 5.91 Å². The lowest BCUT2D eigenvalue weighted by molar-refractivity contribution is 0.0940. The van der Waals surface area contributed by atoms with Crippen molar-refractivity contribution < 1.29 is 13.6 Å². The number of halogens is 3. The Kier molecular flexibility index (Phi) is 8.61. The zero-order valence-corrected chi connectivity index (χ0v) is 22.6. The van der Waals surface area contributed by atoms with E-state index in [1.54, 1.807) is 25.1 Å². The first-order valence-corrected chi connectivity index (χ1v) is 13.4. The molecule has 4 aromatic rings. The summed E-state index contributed by atoms with van der Waals surface area (Å²) in [5.74, 6) is -0.434. The minimum absolute atomic E-state index is 0.0438. The van der Waals surface area contributed by atoms with Crippen LogP contribution in [0.25, 0.3) is 0 Å². The maximum absolute atomic E-state index is 13.4. The highest BCUT2D eigenvalue weighted by Crippen LogP contribution is 2.34. The number of rotatable bonds is 8. The van der Waals surface area contributed by atoms with Crippen molar-refractivity contribution in [3.63, 3.8) is 0 Å². The fourth-order valence-electron chi connectivity index (χ4n) is 3.59. The molecule has 36 heavy (non-hydrogen) atoms. The van der Waals surface area contributed by atoms with Gasteiger partial charge in [0, 0.05) is 21.5 Å². The third-order valence-corrected chi connectivity index (χ3v) is 7.31. The van der Waals surface area contributed by atoms with Gasteiger partial charge in [-0.1, -0.05) is 71.2 Å². The Morgan fingerprint density at radius 2 is 1.75 bits per heavy atom. The van der Waals surface area contributed by atoms with Crippen LogP contribution >= 0.6 is 46.5 Å². The Bertz CT molecular complexity index is 1420. The van der Waals surface area contributed by atoms with Gasteiger partial charge in [-0.3, -0.25) is 13.3 Å². The Morgan fingerprint density at radius 1 is 1.06 bits per heavy atom. The highest BCUT2D eigenvalue weighted by Gasteiger charge is 2.25. The normalized spacial score (nSPS) is 12.7. The molecule has 1 heterocycles. The van der Waals surface area contributed by atoms with Crippen LogP contribution in [-0.4, -0.2) is 23.4 Å². The van der Waals surface area contributed by atoms with Gasteiger partial charge in [-0.25, -0.2) is 0 Å². The van der Waals surface area contributed by atoms with Crippen LogP contribution in [0.1, 0.15) is 40.1 Å². The van der Waals surface area contributed by atoms with Crippen molar-refractivity contribution in [1.29, 1.82) is 0 Å². The van der Waals surface area contributed by atoms with E-state index in [9.17, 15) is 13.6 Å². The third-order valence-electron chi connectivity index (χ3n) is 5.29. The van der Waals surface area contributed by atoms with E-state index in [1.807, 2.05) is 30.3 Å². The quantitative estimate of drug-likeness (QED) is 0.240. The van der Waals surface area contributed by atoms with Gasteiger partial charge in [0.1, 0.15) is 5.69 Å². The molecule has 0 saturated heterocycles. The Morgan fingerprint density at radius 3 is 2.44 bits per heavy atom. The van der Waals surface area contributed by atoms with E-state index in [1.165, 1.54) is 18.2 Å². The lowest BCUT2D eigenvalue weighted by atomic mass is 10.1. The van der Waals surface area contributed by atoms with Gasteiger partial charge in [0.2, 0.25) is 0 Å². The van der Waals surface area contributed by atoms with Crippen LogP contribution in [0.4, 0.5) is 11.5 Å². The summed E-state index contributed by atoms with van der Waals surface area (Å²) in [6.45, 7) is 1.75. The number of carbonyl (C=O) groups excluding carboxylic acids is 1. The minimum Gasteiger partial charge on any atom is -0.755 e. The largest absolute Gasteiger partial charge is 0.755 e. The van der Waals surface area contributed by atoms with Gasteiger partial charge >= 0.3 is 0 Å². The van der Waals surface area contributed by atoms with Gasteiger partial charge < -0.3 is 9.87 Å². The standard InChI is InChI=1S/C24H19Cl3N4O3S2/c1-14(18-9-7-17(26)13-20(18)27)28-24(32)19-12-16(25)8-10-22(19)31(36(33)34)23-21(29-35-30-23)11-15-5-3-2-4-6-15/h2-10,12-14H,11H2,1H3,(H,28,32)(H,33,34)/p-1. The summed E-state index contributed by atoms with van der Waals surface area (Å²) >= 11 is 16.5. The molecular weight excluding hydrogens is 563 g/mol. The van der Waals surface area contributed by atoms with E-state index >= 15 is 0 Å². The van der Waals surface area contributed by atoms with E-state index in [-0.39, 0.29) is 22.1 Å². The average Bonchev–Trinajstić information content (AvgIpc) is 3.27. The zero-order chi connectivity index (χ0) is 25.8. The van der Waals surface area contributed by atoms with E-state index < -0.39 is 23.2 Å². The Hall–Kier alpha value is -2.53. The second-order valence-corrected chi connectivity index (χ2v) is 10.3. The van der Waals surface area contributed by atoms with Gasteiger partial charge in [-0.2, -0.15) is 8.75 Å². The van der Waals surface area contributed by atoms with E-state index in [4.69, 9.17) is 34.8 Å². The van der Waals surface area contributed by atoms with Crippen LogP contribution in [-0.2, 0) is 17.7 Å². The van der Waals surface area contributed by atoms with Crippen LogP contribution in [0.15, 0.2) is 66.7 Å². The van der Waals surface area contributed by atoms with Gasteiger partial charge in [0.15, 0.2) is 5.82 Å². The van der Waals surface area contributed by atoms with Crippen LogP contribution in [0.3, 0.4) is 0 Å². The Balaban J connectivity index is 1.69. The fraction of sp³-hybridized carbons (Fsp3) is 0.125. The molecule has 0 aliphatic heterocycles. The second kappa shape index (κ2) is 11.7. The molecule has 0 radical (unpaired) electrons. The van der Waals surface area contributed by atoms with E-state index in [0.29, 0.717) is 27.7 Å². The summed E-state index contributed by atoms with van der Waals surface area (Å²) in [5.41, 5.74) is 2.17. The van der Waals surface area contributed by atoms with Gasteiger partial charge in [-0.15, -0.1) is 0 Å². The number of carbonyl (C=O) groups is 1. The monoisotopic (exact) mass is 579 g/mol. The molecule has 0 aliphatic carbocycles. The van der Waals surface area contributed by atoms with Crippen molar-refractivity contribution in [2.45, 2.75) is 19.4 Å². The predicted molar refractivity (Wildman–Crippen MR) is 144 cm³/mol. The number of anilines is 2. The number of amides is 1. The maximum Gasteiger partial charge on any atom is 0.253 e. The highest BCUT2D eigenvalue weighted by molar-refractivity contribution is 7.81. The summed E-state index contributed by atoms with van der Waals surface area (Å²) in [6, 6.07) is 18.3. The van der Waals surface area contributed by atoms with Crippen molar-refractivity contribution in [3.8, 4) is 0 Å². The molecule has 0 spiro atoms. The number of hydrogen-bond acceptors (Lipinski definition) is 6. The van der Waals surface area contributed by atoms with E-state index in [0.717, 1.165) is 21.6 Å². The SMILES string of the molecule is CC(NC(=O)c1cc(Cl)ccc1N(c1nsnc1Cc1ccccc1)S(=O)[O-])c1ccc(Cl)cc1Cl. The Labute approximate surface area is 229 Å². The van der Waals surface area contributed by atoms with Crippen LogP contribution in [0.2, 0.25) is 15.1 Å². The molecule has 1 amide bonds. The summed E-state index contributed by atoms with van der Waals surface area (Å²) < 4.78 is 34.4. The number of nitrogens with zero attached hydrogens (tertiary/aromatic N) is 3. The van der Waals surface area contributed by atoms with E-state index in [2.05, 4.69) is 14.1 Å². The highest BCUT2D eigenvalue weighted by atomic mass is 35.5. The van der Waals surface area contributed by atoms with Crippen molar-refractivity contribution in [1.82, 2.24) is 14.1 Å². The summed E-state index contributed by atoms with van der Waals surface area (Å²) in [6.07, 6.45) is 0.363. The molecule has 0 saturated carbocycles. The van der Waals surface area contributed by atoms with Gasteiger partial charge in [-0.05, 0) is 48.4 Å². The molecule has 1 N–H and O–H groups in total. The van der Waals surface area contributed by atoms with Crippen LogP contribution in [0, 0.1) is 0 Å². The average molecular weight is 581 g/mol. The molecule has 4 rings (SSSR count). The van der Waals surface area contributed by atoms with Gasteiger partial charge in [0.05, 0.1) is 40.3 Å². The molecule has 0 bridgehead atoms. The maximum atomic E-state index is 13.4. The topological polar surface area (TPSA) is 98.2 Å². The van der Waals surface area contributed by atoms with Crippen molar-refractivity contribution >= 4 is 75.2 Å². The summed E-state index contributed by atoms with van der Waals surface area (Å²) in [4.78, 5) is 13.4. The first kappa shape index (κ1) is 26.5. The lowest BCUT2D eigenvalue weighted by Gasteiger charge is -2.27. The molecule has 0 fully saturated rings. The predicted octanol–water partition coefficient (Wildman–Crippen LogP) is 6.51. The number of hydrogen-bond donors (Lipinski definition) is 1. The second-order valence-electron chi connectivity index (χ2n) is 7.73. The molecular formula is C24H18Cl3N4O3S2-. The summed E-state index contributed by atoms with van der Waals surface area (Å²) in [7, 11) is 0. The zero-order valence-electron chi connectivity index (χ0n) is 18.7. The first-order chi connectivity index (χ1) is 17.2. The molecule has 7 nitrogen and oxygen atoms in total.